The molecule has 0 aliphatic carbocycles. The number of benzene rings is 3. The van der Waals surface area contributed by atoms with Crippen LogP contribution in [0.1, 0.15) is 38.9 Å². The van der Waals surface area contributed by atoms with E-state index in [-0.39, 0.29) is 17.9 Å². The maximum atomic E-state index is 13.4. The van der Waals surface area contributed by atoms with Gasteiger partial charge in [0.25, 0.3) is 11.8 Å². The number of carbonyl (C=O) groups excluding carboxylic acids is 2. The van der Waals surface area contributed by atoms with Crippen LogP contribution in [0.4, 0.5) is 11.4 Å². The standard InChI is InChI=1S/C28H28N4O2S/c1-18-7-6-8-22(15-18)32-14-13-31(17-20(32)3)28(34)21-12-11-19(2)24(16-21)29-27(33)26-23-9-4-5-10-25(23)35-30-26/h4-12,15-16,20H,13-14,17H2,1-3H3,(H,29,33)/t20-/m0/s1. The number of nitrogens with zero attached hydrogens (tertiary/aromatic N) is 3. The molecule has 0 saturated carbocycles. The third-order valence-corrected chi connectivity index (χ3v) is 7.40. The third kappa shape index (κ3) is 4.64. The molecule has 0 bridgehead atoms. The van der Waals surface area contributed by atoms with Gasteiger partial charge in [0.15, 0.2) is 0 Å². The Labute approximate surface area is 209 Å². The van der Waals surface area contributed by atoms with Crippen molar-refractivity contribution < 1.29 is 9.59 Å². The van der Waals surface area contributed by atoms with E-state index in [9.17, 15) is 9.59 Å². The lowest BCUT2D eigenvalue weighted by Crippen LogP contribution is -2.53. The molecule has 0 spiro atoms. The molecule has 4 aromatic rings. The Bertz CT molecular complexity index is 1410. The molecule has 2 amide bonds. The molecule has 1 atom stereocenters. The summed E-state index contributed by atoms with van der Waals surface area (Å²) in [4.78, 5) is 30.6. The molecule has 1 fully saturated rings. The maximum Gasteiger partial charge on any atom is 0.276 e. The van der Waals surface area contributed by atoms with Gasteiger partial charge in [0, 0.05) is 48.0 Å². The van der Waals surface area contributed by atoms with Crippen molar-refractivity contribution in [3.63, 3.8) is 0 Å². The summed E-state index contributed by atoms with van der Waals surface area (Å²) in [6.45, 7) is 8.25. The van der Waals surface area contributed by atoms with Crippen LogP contribution >= 0.6 is 11.5 Å². The summed E-state index contributed by atoms with van der Waals surface area (Å²) >= 11 is 1.31. The highest BCUT2D eigenvalue weighted by Gasteiger charge is 2.28. The highest BCUT2D eigenvalue weighted by molar-refractivity contribution is 7.13. The van der Waals surface area contributed by atoms with Gasteiger partial charge in [-0.2, -0.15) is 4.37 Å². The van der Waals surface area contributed by atoms with E-state index in [4.69, 9.17) is 0 Å². The van der Waals surface area contributed by atoms with Crippen LogP contribution < -0.4 is 10.2 Å². The normalized spacial score (nSPS) is 15.9. The van der Waals surface area contributed by atoms with Crippen LogP contribution in [0.25, 0.3) is 10.1 Å². The molecule has 6 nitrogen and oxygen atoms in total. The molecule has 5 rings (SSSR count). The van der Waals surface area contributed by atoms with Gasteiger partial charge in [-0.3, -0.25) is 9.59 Å². The molecule has 35 heavy (non-hydrogen) atoms. The highest BCUT2D eigenvalue weighted by atomic mass is 32.1. The number of amides is 2. The van der Waals surface area contributed by atoms with Crippen molar-refractivity contribution in [3.05, 3.63) is 89.1 Å². The first-order valence-electron chi connectivity index (χ1n) is 11.8. The molecule has 1 aliphatic rings. The summed E-state index contributed by atoms with van der Waals surface area (Å²) in [5.41, 5.74) is 4.93. The zero-order valence-corrected chi connectivity index (χ0v) is 20.9. The Morgan fingerprint density at radius 1 is 1.00 bits per heavy atom. The number of carbonyl (C=O) groups is 2. The van der Waals surface area contributed by atoms with Gasteiger partial charge in [-0.25, -0.2) is 0 Å². The van der Waals surface area contributed by atoms with Crippen LogP contribution in [0.15, 0.2) is 66.7 Å². The minimum absolute atomic E-state index is 0.0182. The second-order valence-electron chi connectivity index (χ2n) is 9.14. The minimum Gasteiger partial charge on any atom is -0.365 e. The molecule has 0 unspecified atom stereocenters. The topological polar surface area (TPSA) is 65.5 Å². The average Bonchev–Trinajstić information content (AvgIpc) is 3.29. The third-order valence-electron chi connectivity index (χ3n) is 6.57. The summed E-state index contributed by atoms with van der Waals surface area (Å²) in [5, 5.41) is 3.81. The fourth-order valence-corrected chi connectivity index (χ4v) is 5.41. The minimum atomic E-state index is -0.268. The van der Waals surface area contributed by atoms with Gasteiger partial charge in [-0.05, 0) is 73.8 Å². The zero-order chi connectivity index (χ0) is 24.5. The number of aryl methyl sites for hydroxylation is 2. The average molecular weight is 485 g/mol. The Morgan fingerprint density at radius 2 is 1.83 bits per heavy atom. The second kappa shape index (κ2) is 9.50. The highest BCUT2D eigenvalue weighted by Crippen LogP contribution is 2.26. The van der Waals surface area contributed by atoms with Gasteiger partial charge in [-0.1, -0.05) is 36.4 Å². The number of nitrogens with one attached hydrogen (secondary N) is 1. The summed E-state index contributed by atoms with van der Waals surface area (Å²) in [6.07, 6.45) is 0. The van der Waals surface area contributed by atoms with Gasteiger partial charge >= 0.3 is 0 Å². The predicted molar refractivity (Wildman–Crippen MR) is 143 cm³/mol. The first kappa shape index (κ1) is 23.1. The fourth-order valence-electron chi connectivity index (χ4n) is 4.64. The van der Waals surface area contributed by atoms with Crippen LogP contribution in [-0.2, 0) is 0 Å². The van der Waals surface area contributed by atoms with Crippen molar-refractivity contribution in [2.75, 3.05) is 29.9 Å². The van der Waals surface area contributed by atoms with Crippen molar-refractivity contribution in [1.82, 2.24) is 9.27 Å². The summed E-state index contributed by atoms with van der Waals surface area (Å²) in [6, 6.07) is 21.9. The first-order valence-corrected chi connectivity index (χ1v) is 12.6. The van der Waals surface area contributed by atoms with Gasteiger partial charge < -0.3 is 15.1 Å². The zero-order valence-electron chi connectivity index (χ0n) is 20.1. The van der Waals surface area contributed by atoms with E-state index in [0.717, 1.165) is 22.2 Å². The van der Waals surface area contributed by atoms with Crippen LogP contribution in [0.5, 0.6) is 0 Å². The van der Waals surface area contributed by atoms with E-state index in [1.807, 2.05) is 48.2 Å². The van der Waals surface area contributed by atoms with Crippen molar-refractivity contribution in [2.24, 2.45) is 0 Å². The summed E-state index contributed by atoms with van der Waals surface area (Å²) in [5.74, 6) is -0.286. The Morgan fingerprint density at radius 3 is 2.63 bits per heavy atom. The van der Waals surface area contributed by atoms with E-state index < -0.39 is 0 Å². The van der Waals surface area contributed by atoms with E-state index >= 15 is 0 Å². The number of hydrogen-bond acceptors (Lipinski definition) is 5. The lowest BCUT2D eigenvalue weighted by molar-refractivity contribution is 0.0726. The Kier molecular flexibility index (Phi) is 6.26. The largest absolute Gasteiger partial charge is 0.365 e. The van der Waals surface area contributed by atoms with E-state index in [2.05, 4.69) is 52.7 Å². The Balaban J connectivity index is 1.31. The lowest BCUT2D eigenvalue weighted by Gasteiger charge is -2.41. The quantitative estimate of drug-likeness (QED) is 0.414. The molecule has 0 radical (unpaired) electrons. The number of fused-ring (bicyclic) bond motifs is 1. The number of rotatable bonds is 4. The Hall–Kier alpha value is -3.71. The molecular weight excluding hydrogens is 456 g/mol. The van der Waals surface area contributed by atoms with Gasteiger partial charge in [0.2, 0.25) is 0 Å². The molecule has 1 saturated heterocycles. The van der Waals surface area contributed by atoms with Crippen molar-refractivity contribution in [2.45, 2.75) is 26.8 Å². The van der Waals surface area contributed by atoms with E-state index in [0.29, 0.717) is 30.0 Å². The maximum absolute atomic E-state index is 13.4. The van der Waals surface area contributed by atoms with Gasteiger partial charge in [0.05, 0.1) is 4.70 Å². The monoisotopic (exact) mass is 484 g/mol. The molecule has 1 N–H and O–H groups in total. The molecule has 1 aliphatic heterocycles. The second-order valence-corrected chi connectivity index (χ2v) is 9.95. The molecular formula is C28H28N4O2S. The first-order chi connectivity index (χ1) is 16.9. The van der Waals surface area contributed by atoms with Crippen molar-refractivity contribution in [1.29, 1.82) is 0 Å². The number of piperazine rings is 1. The van der Waals surface area contributed by atoms with Gasteiger partial charge in [-0.15, -0.1) is 0 Å². The molecule has 2 heterocycles. The number of aromatic nitrogens is 1. The summed E-state index contributed by atoms with van der Waals surface area (Å²) in [7, 11) is 0. The van der Waals surface area contributed by atoms with Gasteiger partial charge in [0.1, 0.15) is 5.69 Å². The molecule has 178 valence electrons. The molecule has 7 heteroatoms. The predicted octanol–water partition coefficient (Wildman–Crippen LogP) is 5.52. The fraction of sp³-hybridized carbons (Fsp3) is 0.250. The lowest BCUT2D eigenvalue weighted by atomic mass is 10.1. The molecule has 3 aromatic carbocycles. The molecule has 1 aromatic heterocycles. The van der Waals surface area contributed by atoms with Crippen LogP contribution in [0.3, 0.4) is 0 Å². The van der Waals surface area contributed by atoms with Crippen molar-refractivity contribution >= 4 is 44.8 Å². The van der Waals surface area contributed by atoms with E-state index in [1.165, 1.54) is 22.8 Å². The smallest absolute Gasteiger partial charge is 0.276 e. The van der Waals surface area contributed by atoms with Crippen molar-refractivity contribution in [3.8, 4) is 0 Å². The van der Waals surface area contributed by atoms with Crippen LogP contribution in [0, 0.1) is 13.8 Å². The van der Waals surface area contributed by atoms with Crippen LogP contribution in [-0.4, -0.2) is 46.8 Å². The number of anilines is 2. The van der Waals surface area contributed by atoms with Crippen LogP contribution in [0.2, 0.25) is 0 Å². The number of hydrogen-bond donors (Lipinski definition) is 1. The van der Waals surface area contributed by atoms with E-state index in [1.54, 1.807) is 6.07 Å². The SMILES string of the molecule is Cc1cccc(N2CCN(C(=O)c3ccc(C)c(NC(=O)c4nsc5ccccc45)c3)C[C@@H]2C)c1. The summed E-state index contributed by atoms with van der Waals surface area (Å²) < 4.78 is 5.32.